The van der Waals surface area contributed by atoms with E-state index in [0.29, 0.717) is 0 Å². The number of hydrogen-bond donors (Lipinski definition) is 0. The molecule has 3 aromatic rings. The second kappa shape index (κ2) is 10.4. The van der Waals surface area contributed by atoms with Crippen molar-refractivity contribution in [1.29, 1.82) is 0 Å². The fraction of sp³-hybridized carbons (Fsp3) is 0.393. The van der Waals surface area contributed by atoms with Gasteiger partial charge in [-0.3, -0.25) is 0 Å². The summed E-state index contributed by atoms with van der Waals surface area (Å²) in [6.45, 7) is 19.0. The molecule has 0 N–H and O–H groups in total. The number of hydrogen-bond acceptors (Lipinski definition) is 0. The standard InChI is InChI=1S/C28H34Si.2ClH.Zr/c1-27(2,3)23-15-11-14-19-20-17-24(28(4,5)6)26(29(7)8)25(18-12-9-10-13-18)22(20)16-21(19)23;;;/h9-12,14-17H,13H2,1-8H3;2*1H;/q-1;;;+3/p-2. The molecule has 4 heteroatoms. The third-order valence-corrected chi connectivity index (χ3v) is 7.78. The number of fused-ring (bicyclic) bond motifs is 3. The predicted molar refractivity (Wildman–Crippen MR) is 133 cm³/mol. The zero-order valence-corrected chi connectivity index (χ0v) is 25.6. The molecule has 0 aromatic heterocycles. The van der Waals surface area contributed by atoms with Crippen LogP contribution in [0.1, 0.15) is 64.7 Å². The van der Waals surface area contributed by atoms with Crippen LogP contribution in [0.5, 0.6) is 0 Å². The summed E-state index contributed by atoms with van der Waals surface area (Å²) in [5.41, 5.74) is 6.30. The molecule has 0 unspecified atom stereocenters. The van der Waals surface area contributed by atoms with Crippen molar-refractivity contribution in [2.24, 2.45) is 0 Å². The Morgan fingerprint density at radius 1 is 0.844 bits per heavy atom. The van der Waals surface area contributed by atoms with Gasteiger partial charge >= 0.3 is 26.2 Å². The van der Waals surface area contributed by atoms with E-state index in [1.165, 1.54) is 38.2 Å². The van der Waals surface area contributed by atoms with Crippen molar-refractivity contribution in [3.8, 4) is 0 Å². The average molecular weight is 561 g/mol. The maximum Gasteiger partial charge on any atom is 3.00 e. The van der Waals surface area contributed by atoms with E-state index in [1.807, 2.05) is 0 Å². The van der Waals surface area contributed by atoms with E-state index >= 15 is 0 Å². The minimum Gasteiger partial charge on any atom is -1.00 e. The van der Waals surface area contributed by atoms with Crippen LogP contribution in [-0.4, -0.2) is 8.80 Å². The minimum absolute atomic E-state index is 0. The van der Waals surface area contributed by atoms with Crippen LogP contribution in [0.15, 0.2) is 48.6 Å². The van der Waals surface area contributed by atoms with E-state index in [-0.39, 0.29) is 61.8 Å². The zero-order chi connectivity index (χ0) is 21.1. The molecule has 3 aromatic carbocycles. The predicted octanol–water partition coefficient (Wildman–Crippen LogP) is 1.62. The molecule has 0 fully saturated rings. The number of rotatable bonds is 2. The monoisotopic (exact) mass is 558 g/mol. The molecule has 0 nitrogen and oxygen atoms in total. The van der Waals surface area contributed by atoms with Crippen LogP contribution in [0.2, 0.25) is 13.1 Å². The summed E-state index contributed by atoms with van der Waals surface area (Å²) in [7, 11) is -0.625. The summed E-state index contributed by atoms with van der Waals surface area (Å²) < 4.78 is 0. The van der Waals surface area contributed by atoms with E-state index in [1.54, 1.807) is 10.8 Å². The van der Waals surface area contributed by atoms with Crippen LogP contribution in [0.25, 0.3) is 27.1 Å². The van der Waals surface area contributed by atoms with Gasteiger partial charge in [-0.25, -0.2) is 0 Å². The van der Waals surface area contributed by atoms with Crippen LogP contribution in [0, 0.1) is 0 Å². The largest absolute Gasteiger partial charge is 3.00 e. The molecule has 1 aliphatic carbocycles. The Morgan fingerprint density at radius 2 is 1.47 bits per heavy atom. The molecule has 0 bridgehead atoms. The molecule has 0 amide bonds. The van der Waals surface area contributed by atoms with Gasteiger partial charge in [0.1, 0.15) is 0 Å². The van der Waals surface area contributed by atoms with Crippen LogP contribution >= 0.6 is 0 Å². The Morgan fingerprint density at radius 3 is 1.97 bits per heavy atom. The number of benzene rings is 2. The van der Waals surface area contributed by atoms with Crippen molar-refractivity contribution < 1.29 is 51.0 Å². The second-order valence-corrected chi connectivity index (χ2v) is 13.4. The van der Waals surface area contributed by atoms with Crippen LogP contribution in [-0.2, 0) is 37.0 Å². The van der Waals surface area contributed by atoms with Crippen LogP contribution < -0.4 is 30.0 Å². The Labute approximate surface area is 227 Å². The van der Waals surface area contributed by atoms with Gasteiger partial charge in [-0.2, -0.15) is 0 Å². The molecule has 0 spiro atoms. The molecule has 0 saturated carbocycles. The quantitative estimate of drug-likeness (QED) is 0.330. The first-order valence-electron chi connectivity index (χ1n) is 10.9. The van der Waals surface area contributed by atoms with Crippen LogP contribution in [0.4, 0.5) is 0 Å². The third-order valence-electron chi connectivity index (χ3n) is 6.26. The van der Waals surface area contributed by atoms with Gasteiger partial charge in [-0.05, 0) is 17.3 Å². The first kappa shape index (κ1) is 29.5. The Hall–Kier alpha value is -0.530. The summed E-state index contributed by atoms with van der Waals surface area (Å²) >= 11 is 0. The zero-order valence-electron chi connectivity index (χ0n) is 20.6. The van der Waals surface area contributed by atoms with Crippen LogP contribution in [0.3, 0.4) is 0 Å². The Balaban J connectivity index is 0.00000171. The van der Waals surface area contributed by atoms with Crippen molar-refractivity contribution in [2.75, 3.05) is 0 Å². The van der Waals surface area contributed by atoms with Gasteiger partial charge < -0.3 is 24.8 Å². The van der Waals surface area contributed by atoms with Crippen molar-refractivity contribution >= 4 is 41.1 Å². The van der Waals surface area contributed by atoms with E-state index in [2.05, 4.69) is 103 Å². The van der Waals surface area contributed by atoms with Crippen molar-refractivity contribution in [1.82, 2.24) is 0 Å². The Kier molecular flexibility index (Phi) is 9.58. The summed E-state index contributed by atoms with van der Waals surface area (Å²) in [6, 6.07) is 11.9. The van der Waals surface area contributed by atoms with Gasteiger partial charge in [-0.15, -0.1) is 27.6 Å². The van der Waals surface area contributed by atoms with Crippen molar-refractivity contribution in [3.63, 3.8) is 0 Å². The first-order chi connectivity index (χ1) is 13.5. The molecule has 0 heterocycles. The maximum atomic E-state index is 2.53. The molecular weight excluding hydrogens is 527 g/mol. The molecular formula is C28H34Cl2SiZr. The van der Waals surface area contributed by atoms with E-state index < -0.39 is 8.80 Å². The van der Waals surface area contributed by atoms with Gasteiger partial charge in [0.25, 0.3) is 0 Å². The smallest absolute Gasteiger partial charge is 1.00 e. The summed E-state index contributed by atoms with van der Waals surface area (Å²) in [5, 5.41) is 7.38. The molecule has 0 saturated heterocycles. The van der Waals surface area contributed by atoms with Crippen molar-refractivity contribution in [3.05, 3.63) is 65.3 Å². The molecule has 168 valence electrons. The van der Waals surface area contributed by atoms with Gasteiger partial charge in [0.15, 0.2) is 0 Å². The van der Waals surface area contributed by atoms with E-state index in [9.17, 15) is 0 Å². The summed E-state index contributed by atoms with van der Waals surface area (Å²) in [5.74, 6) is 0. The van der Waals surface area contributed by atoms with E-state index in [4.69, 9.17) is 0 Å². The first-order valence-corrected chi connectivity index (χ1v) is 13.4. The van der Waals surface area contributed by atoms with Crippen molar-refractivity contribution in [2.45, 2.75) is 71.9 Å². The second-order valence-electron chi connectivity index (χ2n) is 10.9. The fourth-order valence-corrected chi connectivity index (χ4v) is 6.68. The molecule has 2 radical (unpaired) electrons. The van der Waals surface area contributed by atoms with Gasteiger partial charge in [0, 0.05) is 0 Å². The number of halogens is 2. The summed E-state index contributed by atoms with van der Waals surface area (Å²) in [4.78, 5) is 0. The minimum atomic E-state index is -0.625. The molecule has 4 rings (SSSR count). The SMILES string of the molecule is C[Si](C)c1c(C(C)(C)C)cc2c([cH-]c3c(C(C)(C)C)cccc32)c1C1=CC=CC1.[Cl-].[Cl-].[Zr+3]. The molecule has 1 aliphatic rings. The molecule has 0 aliphatic heterocycles. The Bertz CT molecular complexity index is 1170. The van der Waals surface area contributed by atoms with Gasteiger partial charge in [0.05, 0.1) is 8.80 Å². The fourth-order valence-electron chi connectivity index (χ4n) is 4.90. The summed E-state index contributed by atoms with van der Waals surface area (Å²) in [6.07, 6.45) is 7.93. The molecule has 32 heavy (non-hydrogen) atoms. The van der Waals surface area contributed by atoms with Gasteiger partial charge in [-0.1, -0.05) is 125 Å². The van der Waals surface area contributed by atoms with Gasteiger partial charge in [0.2, 0.25) is 0 Å². The topological polar surface area (TPSA) is 0 Å². The molecule has 0 atom stereocenters. The normalized spacial score (nSPS) is 13.7. The third kappa shape index (κ3) is 5.10. The van der Waals surface area contributed by atoms with E-state index in [0.717, 1.165) is 6.42 Å². The maximum absolute atomic E-state index is 2.53. The average Bonchev–Trinajstić information content (AvgIpc) is 3.25. The number of allylic oxidation sites excluding steroid dienone is 4.